The Morgan fingerprint density at radius 2 is 1.77 bits per heavy atom. The highest BCUT2D eigenvalue weighted by atomic mass is 35.5. The second-order valence-corrected chi connectivity index (χ2v) is 4.55. The Bertz CT molecular complexity index is 685. The van der Waals surface area contributed by atoms with Crippen LogP contribution in [0.25, 0.3) is 0 Å². The molecule has 22 heavy (non-hydrogen) atoms. The van der Waals surface area contributed by atoms with Crippen molar-refractivity contribution in [3.05, 3.63) is 59.0 Å². The van der Waals surface area contributed by atoms with E-state index in [1.165, 1.54) is 18.4 Å². The molecule has 0 radical (unpaired) electrons. The molecule has 0 spiro atoms. The zero-order valence-corrected chi connectivity index (χ0v) is 12.0. The van der Waals surface area contributed by atoms with Gasteiger partial charge in [-0.3, -0.25) is 25.2 Å². The van der Waals surface area contributed by atoms with Gasteiger partial charge in [-0.25, -0.2) is 0 Å². The van der Waals surface area contributed by atoms with Crippen LogP contribution in [0, 0.1) is 0 Å². The molecule has 0 saturated carbocycles. The number of hydrogen-bond donors (Lipinski definition) is 3. The molecule has 3 N–H and O–H groups in total. The fraction of sp³-hybridized carbons (Fsp3) is 0.0714. The van der Waals surface area contributed by atoms with E-state index >= 15 is 0 Å². The van der Waals surface area contributed by atoms with Gasteiger partial charge in [-0.2, -0.15) is 0 Å². The largest absolute Gasteiger partial charge is 0.459 e. The standard InChI is InChI=1S/C14H12ClN3O4/c15-10-5-2-1-4-9(10)13(20)18-17-12(19)8-16-14(21)11-6-3-7-22-11/h1-7H,8H2,(H,16,21)(H,17,19)(H,18,20). The summed E-state index contributed by atoms with van der Waals surface area (Å²) < 4.78 is 4.87. The lowest BCUT2D eigenvalue weighted by atomic mass is 10.2. The van der Waals surface area contributed by atoms with Crippen LogP contribution >= 0.6 is 11.6 Å². The molecule has 8 heteroatoms. The van der Waals surface area contributed by atoms with Crippen molar-refractivity contribution in [2.45, 2.75) is 0 Å². The molecule has 0 saturated heterocycles. The summed E-state index contributed by atoms with van der Waals surface area (Å²) in [5.41, 5.74) is 4.59. The minimum atomic E-state index is -0.597. The van der Waals surface area contributed by atoms with Crippen LogP contribution in [0.15, 0.2) is 47.1 Å². The van der Waals surface area contributed by atoms with Crippen molar-refractivity contribution in [1.29, 1.82) is 0 Å². The zero-order valence-electron chi connectivity index (χ0n) is 11.3. The van der Waals surface area contributed by atoms with Crippen molar-refractivity contribution >= 4 is 29.3 Å². The lowest BCUT2D eigenvalue weighted by Crippen LogP contribution is -2.46. The van der Waals surface area contributed by atoms with Gasteiger partial charge in [-0.05, 0) is 24.3 Å². The number of hydrogen-bond acceptors (Lipinski definition) is 4. The van der Waals surface area contributed by atoms with Gasteiger partial charge in [0.2, 0.25) is 0 Å². The predicted molar refractivity (Wildman–Crippen MR) is 78.1 cm³/mol. The molecule has 0 bridgehead atoms. The van der Waals surface area contributed by atoms with Crippen LogP contribution < -0.4 is 16.2 Å². The molecule has 0 aliphatic rings. The van der Waals surface area contributed by atoms with Gasteiger partial charge in [0.25, 0.3) is 17.7 Å². The molecular formula is C14H12ClN3O4. The summed E-state index contributed by atoms with van der Waals surface area (Å²) in [5, 5.41) is 2.60. The minimum Gasteiger partial charge on any atom is -0.459 e. The normalized spacial score (nSPS) is 9.86. The molecule has 2 aromatic rings. The van der Waals surface area contributed by atoms with Gasteiger partial charge in [0, 0.05) is 0 Å². The number of hydrazine groups is 1. The number of rotatable bonds is 4. The maximum absolute atomic E-state index is 11.8. The average molecular weight is 322 g/mol. The highest BCUT2D eigenvalue weighted by Crippen LogP contribution is 2.13. The fourth-order valence-electron chi connectivity index (χ4n) is 1.54. The Kier molecular flexibility index (Phi) is 5.16. The number of carbonyl (C=O) groups is 3. The van der Waals surface area contributed by atoms with Crippen LogP contribution in [-0.2, 0) is 4.79 Å². The van der Waals surface area contributed by atoms with E-state index in [4.69, 9.17) is 16.0 Å². The molecule has 0 unspecified atom stereocenters. The monoisotopic (exact) mass is 321 g/mol. The van der Waals surface area contributed by atoms with E-state index in [0.717, 1.165) is 0 Å². The maximum atomic E-state index is 11.8. The van der Waals surface area contributed by atoms with E-state index in [2.05, 4.69) is 16.2 Å². The Morgan fingerprint density at radius 3 is 2.45 bits per heavy atom. The smallest absolute Gasteiger partial charge is 0.287 e. The third-order valence-corrected chi connectivity index (χ3v) is 2.92. The Labute approximate surface area is 130 Å². The molecule has 7 nitrogen and oxygen atoms in total. The summed E-state index contributed by atoms with van der Waals surface area (Å²) in [6.07, 6.45) is 1.35. The number of carbonyl (C=O) groups excluding carboxylic acids is 3. The summed E-state index contributed by atoms with van der Waals surface area (Å²) in [5.74, 6) is -1.60. The minimum absolute atomic E-state index is 0.0907. The summed E-state index contributed by atoms with van der Waals surface area (Å²) in [6.45, 7) is -0.317. The van der Waals surface area contributed by atoms with Crippen LogP contribution in [0.1, 0.15) is 20.9 Å². The lowest BCUT2D eigenvalue weighted by molar-refractivity contribution is -0.120. The molecule has 1 heterocycles. The van der Waals surface area contributed by atoms with E-state index in [-0.39, 0.29) is 22.9 Å². The highest BCUT2D eigenvalue weighted by Gasteiger charge is 2.12. The third-order valence-electron chi connectivity index (χ3n) is 2.59. The van der Waals surface area contributed by atoms with E-state index in [0.29, 0.717) is 0 Å². The molecule has 1 aromatic heterocycles. The first-order chi connectivity index (χ1) is 10.6. The molecule has 0 aliphatic heterocycles. The molecule has 2 rings (SSSR count). The lowest BCUT2D eigenvalue weighted by Gasteiger charge is -2.08. The van der Waals surface area contributed by atoms with Crippen LogP contribution in [0.2, 0.25) is 5.02 Å². The van der Waals surface area contributed by atoms with Crippen molar-refractivity contribution in [3.63, 3.8) is 0 Å². The van der Waals surface area contributed by atoms with Gasteiger partial charge in [-0.15, -0.1) is 0 Å². The third kappa shape index (κ3) is 4.10. The quantitative estimate of drug-likeness (QED) is 0.735. The van der Waals surface area contributed by atoms with Crippen molar-refractivity contribution in [2.75, 3.05) is 6.54 Å². The summed E-state index contributed by atoms with van der Waals surface area (Å²) in [6, 6.07) is 9.42. The second kappa shape index (κ2) is 7.28. The molecule has 0 fully saturated rings. The molecule has 0 aliphatic carbocycles. The zero-order chi connectivity index (χ0) is 15.9. The van der Waals surface area contributed by atoms with Gasteiger partial charge in [-0.1, -0.05) is 23.7 Å². The van der Waals surface area contributed by atoms with Crippen LogP contribution in [0.5, 0.6) is 0 Å². The molecule has 3 amide bonds. The van der Waals surface area contributed by atoms with Crippen LogP contribution in [0.3, 0.4) is 0 Å². The number of nitrogens with one attached hydrogen (secondary N) is 3. The van der Waals surface area contributed by atoms with Gasteiger partial charge < -0.3 is 9.73 Å². The van der Waals surface area contributed by atoms with E-state index in [9.17, 15) is 14.4 Å². The fourth-order valence-corrected chi connectivity index (χ4v) is 1.76. The van der Waals surface area contributed by atoms with Crippen LogP contribution in [-0.4, -0.2) is 24.3 Å². The maximum Gasteiger partial charge on any atom is 0.287 e. The predicted octanol–water partition coefficient (Wildman–Crippen LogP) is 1.12. The van der Waals surface area contributed by atoms with Crippen molar-refractivity contribution < 1.29 is 18.8 Å². The van der Waals surface area contributed by atoms with Gasteiger partial charge in [0.05, 0.1) is 23.4 Å². The van der Waals surface area contributed by atoms with E-state index in [1.807, 2.05) is 0 Å². The average Bonchev–Trinajstić information content (AvgIpc) is 3.05. The number of furan rings is 1. The Balaban J connectivity index is 1.77. The Hall–Kier alpha value is -2.80. The SMILES string of the molecule is O=C(CNC(=O)c1ccco1)NNC(=O)c1ccccc1Cl. The highest BCUT2D eigenvalue weighted by molar-refractivity contribution is 6.33. The second-order valence-electron chi connectivity index (χ2n) is 4.14. The molecule has 114 valence electrons. The van der Waals surface area contributed by atoms with E-state index < -0.39 is 17.7 Å². The number of benzene rings is 1. The van der Waals surface area contributed by atoms with Crippen LogP contribution in [0.4, 0.5) is 0 Å². The topological polar surface area (TPSA) is 100 Å². The first-order valence-corrected chi connectivity index (χ1v) is 6.61. The van der Waals surface area contributed by atoms with E-state index in [1.54, 1.807) is 24.3 Å². The van der Waals surface area contributed by atoms with Gasteiger partial charge in [0.15, 0.2) is 5.76 Å². The van der Waals surface area contributed by atoms with Crippen molar-refractivity contribution in [1.82, 2.24) is 16.2 Å². The number of amides is 3. The van der Waals surface area contributed by atoms with Crippen molar-refractivity contribution in [2.24, 2.45) is 0 Å². The molecule has 1 aromatic carbocycles. The first kappa shape index (κ1) is 15.6. The Morgan fingerprint density at radius 1 is 1.00 bits per heavy atom. The summed E-state index contributed by atoms with van der Waals surface area (Å²) in [7, 11) is 0. The van der Waals surface area contributed by atoms with Gasteiger partial charge in [0.1, 0.15) is 0 Å². The summed E-state index contributed by atoms with van der Waals surface area (Å²) in [4.78, 5) is 34.8. The van der Waals surface area contributed by atoms with Gasteiger partial charge >= 0.3 is 0 Å². The number of halogens is 1. The molecular weight excluding hydrogens is 310 g/mol. The molecule has 0 atom stereocenters. The summed E-state index contributed by atoms with van der Waals surface area (Å²) >= 11 is 5.85. The van der Waals surface area contributed by atoms with Crippen molar-refractivity contribution in [3.8, 4) is 0 Å². The first-order valence-electron chi connectivity index (χ1n) is 6.23.